The molecule has 0 radical (unpaired) electrons. The van der Waals surface area contributed by atoms with Gasteiger partial charge in [-0.25, -0.2) is 0 Å². The van der Waals surface area contributed by atoms with Crippen molar-refractivity contribution >= 4 is 5.69 Å². The summed E-state index contributed by atoms with van der Waals surface area (Å²) in [4.78, 5) is 0. The van der Waals surface area contributed by atoms with Crippen molar-refractivity contribution in [2.24, 2.45) is 5.73 Å². The number of ether oxygens (including phenoxy) is 2. The van der Waals surface area contributed by atoms with Crippen LogP contribution in [0.2, 0.25) is 0 Å². The molecule has 1 atom stereocenters. The summed E-state index contributed by atoms with van der Waals surface area (Å²) in [6.45, 7) is 5.41. The molecule has 0 aliphatic heterocycles. The van der Waals surface area contributed by atoms with E-state index in [1.54, 1.807) is 7.11 Å². The zero-order valence-electron chi connectivity index (χ0n) is 12.2. The van der Waals surface area contributed by atoms with E-state index in [9.17, 15) is 0 Å². The number of para-hydroxylation sites is 2. The zero-order chi connectivity index (χ0) is 14.1. The highest BCUT2D eigenvalue weighted by Crippen LogP contribution is 2.26. The molecule has 19 heavy (non-hydrogen) atoms. The van der Waals surface area contributed by atoms with Crippen molar-refractivity contribution in [3.63, 3.8) is 0 Å². The highest BCUT2D eigenvalue weighted by Gasteiger charge is 2.11. The van der Waals surface area contributed by atoms with Gasteiger partial charge in [-0.15, -0.1) is 0 Å². The van der Waals surface area contributed by atoms with Crippen LogP contribution in [-0.2, 0) is 4.74 Å². The summed E-state index contributed by atoms with van der Waals surface area (Å²) < 4.78 is 11.1. The molecule has 1 aromatic rings. The standard InChI is InChI=1S/C15H26N2O2/c1-12(2)19-15-9-5-4-8-14(15)17-13(11-18-3)7-6-10-16/h4-5,8-9,12-13,17H,6-7,10-11,16H2,1-3H3. The Morgan fingerprint density at radius 3 is 2.63 bits per heavy atom. The molecule has 108 valence electrons. The molecule has 0 aliphatic carbocycles. The number of anilines is 1. The molecule has 0 saturated heterocycles. The van der Waals surface area contributed by atoms with Crippen molar-refractivity contribution in [2.75, 3.05) is 25.6 Å². The molecular formula is C15H26N2O2. The van der Waals surface area contributed by atoms with E-state index in [-0.39, 0.29) is 12.1 Å². The van der Waals surface area contributed by atoms with Crippen molar-refractivity contribution in [1.82, 2.24) is 0 Å². The number of methoxy groups -OCH3 is 1. The number of hydrogen-bond acceptors (Lipinski definition) is 4. The van der Waals surface area contributed by atoms with Crippen LogP contribution < -0.4 is 15.8 Å². The van der Waals surface area contributed by atoms with Gasteiger partial charge in [-0.1, -0.05) is 12.1 Å². The average Bonchev–Trinajstić information content (AvgIpc) is 2.38. The Kier molecular flexibility index (Phi) is 7.30. The fraction of sp³-hybridized carbons (Fsp3) is 0.600. The largest absolute Gasteiger partial charge is 0.489 e. The lowest BCUT2D eigenvalue weighted by Crippen LogP contribution is -2.26. The molecule has 0 fully saturated rings. The van der Waals surface area contributed by atoms with Crippen LogP contribution in [0, 0.1) is 0 Å². The lowest BCUT2D eigenvalue weighted by Gasteiger charge is -2.22. The first-order valence-electron chi connectivity index (χ1n) is 6.88. The van der Waals surface area contributed by atoms with E-state index in [1.807, 2.05) is 38.1 Å². The Balaban J connectivity index is 2.71. The number of rotatable bonds is 9. The molecule has 0 aromatic heterocycles. The van der Waals surface area contributed by atoms with Crippen molar-refractivity contribution in [3.8, 4) is 5.75 Å². The second-order valence-electron chi connectivity index (χ2n) is 4.89. The Bertz CT molecular complexity index is 356. The van der Waals surface area contributed by atoms with E-state index >= 15 is 0 Å². The summed E-state index contributed by atoms with van der Waals surface area (Å²) in [7, 11) is 1.72. The Labute approximate surface area is 116 Å². The molecule has 1 rings (SSSR count). The summed E-state index contributed by atoms with van der Waals surface area (Å²) in [5.41, 5.74) is 6.58. The first-order chi connectivity index (χ1) is 9.17. The van der Waals surface area contributed by atoms with Gasteiger partial charge >= 0.3 is 0 Å². The maximum Gasteiger partial charge on any atom is 0.142 e. The molecule has 1 unspecified atom stereocenters. The Morgan fingerprint density at radius 1 is 1.26 bits per heavy atom. The van der Waals surface area contributed by atoms with Crippen molar-refractivity contribution < 1.29 is 9.47 Å². The van der Waals surface area contributed by atoms with Crippen LogP contribution >= 0.6 is 0 Å². The second kappa shape index (κ2) is 8.77. The summed E-state index contributed by atoms with van der Waals surface area (Å²) in [6.07, 6.45) is 2.13. The van der Waals surface area contributed by atoms with Gasteiger partial charge in [-0.05, 0) is 45.4 Å². The van der Waals surface area contributed by atoms with Crippen LogP contribution in [0.3, 0.4) is 0 Å². The van der Waals surface area contributed by atoms with Crippen LogP contribution in [0.15, 0.2) is 24.3 Å². The molecule has 0 heterocycles. The molecule has 0 saturated carbocycles. The number of benzene rings is 1. The topological polar surface area (TPSA) is 56.5 Å². The molecule has 1 aromatic carbocycles. The zero-order valence-corrected chi connectivity index (χ0v) is 12.2. The summed E-state index contributed by atoms with van der Waals surface area (Å²) in [6, 6.07) is 8.25. The fourth-order valence-electron chi connectivity index (χ4n) is 1.93. The minimum absolute atomic E-state index is 0.160. The van der Waals surface area contributed by atoms with Gasteiger partial charge in [0.25, 0.3) is 0 Å². The Morgan fingerprint density at radius 2 is 2.00 bits per heavy atom. The van der Waals surface area contributed by atoms with Gasteiger partial charge in [-0.3, -0.25) is 0 Å². The van der Waals surface area contributed by atoms with Crippen LogP contribution in [0.4, 0.5) is 5.69 Å². The van der Waals surface area contributed by atoms with Crippen molar-refractivity contribution in [2.45, 2.75) is 38.8 Å². The maximum atomic E-state index is 5.80. The Hall–Kier alpha value is -1.26. The fourth-order valence-corrected chi connectivity index (χ4v) is 1.93. The molecule has 0 bridgehead atoms. The highest BCUT2D eigenvalue weighted by atomic mass is 16.5. The minimum Gasteiger partial charge on any atom is -0.489 e. The van der Waals surface area contributed by atoms with Crippen molar-refractivity contribution in [3.05, 3.63) is 24.3 Å². The third kappa shape index (κ3) is 5.94. The monoisotopic (exact) mass is 266 g/mol. The smallest absolute Gasteiger partial charge is 0.142 e. The van der Waals surface area contributed by atoms with Gasteiger partial charge in [0, 0.05) is 13.2 Å². The highest BCUT2D eigenvalue weighted by molar-refractivity contribution is 5.56. The minimum atomic E-state index is 0.160. The summed E-state index contributed by atoms with van der Waals surface area (Å²) >= 11 is 0. The first-order valence-corrected chi connectivity index (χ1v) is 6.88. The van der Waals surface area contributed by atoms with Crippen molar-refractivity contribution in [1.29, 1.82) is 0 Å². The maximum absolute atomic E-state index is 5.80. The predicted octanol–water partition coefficient (Wildman–Crippen LogP) is 2.64. The van der Waals surface area contributed by atoms with E-state index in [0.29, 0.717) is 13.2 Å². The molecular weight excluding hydrogens is 240 g/mol. The lowest BCUT2D eigenvalue weighted by atomic mass is 10.1. The molecule has 3 N–H and O–H groups in total. The first kappa shape index (κ1) is 15.8. The van der Waals surface area contributed by atoms with E-state index in [1.165, 1.54) is 0 Å². The number of nitrogens with two attached hydrogens (primary N) is 1. The van der Waals surface area contributed by atoms with Gasteiger partial charge < -0.3 is 20.5 Å². The molecule has 0 spiro atoms. The number of nitrogens with one attached hydrogen (secondary N) is 1. The normalized spacial score (nSPS) is 12.5. The molecule has 0 aliphatic rings. The molecule has 4 nitrogen and oxygen atoms in total. The molecule has 0 amide bonds. The van der Waals surface area contributed by atoms with Crippen LogP contribution in [-0.4, -0.2) is 32.4 Å². The van der Waals surface area contributed by atoms with Gasteiger partial charge in [0.1, 0.15) is 5.75 Å². The van der Waals surface area contributed by atoms with E-state index in [0.717, 1.165) is 24.3 Å². The van der Waals surface area contributed by atoms with E-state index in [2.05, 4.69) is 5.32 Å². The quantitative estimate of drug-likeness (QED) is 0.721. The third-order valence-electron chi connectivity index (χ3n) is 2.73. The lowest BCUT2D eigenvalue weighted by molar-refractivity contribution is 0.182. The SMILES string of the molecule is COCC(CCCN)Nc1ccccc1OC(C)C. The summed E-state index contributed by atoms with van der Waals surface area (Å²) in [5, 5.41) is 3.48. The van der Waals surface area contributed by atoms with Crippen LogP contribution in [0.1, 0.15) is 26.7 Å². The van der Waals surface area contributed by atoms with Gasteiger partial charge in [0.15, 0.2) is 0 Å². The average molecular weight is 266 g/mol. The van der Waals surface area contributed by atoms with Gasteiger partial charge in [-0.2, -0.15) is 0 Å². The van der Waals surface area contributed by atoms with E-state index in [4.69, 9.17) is 15.2 Å². The van der Waals surface area contributed by atoms with Gasteiger partial charge in [0.05, 0.1) is 18.4 Å². The van der Waals surface area contributed by atoms with E-state index < -0.39 is 0 Å². The van der Waals surface area contributed by atoms with Crippen LogP contribution in [0.5, 0.6) is 5.75 Å². The number of hydrogen-bond donors (Lipinski definition) is 2. The third-order valence-corrected chi connectivity index (χ3v) is 2.73. The van der Waals surface area contributed by atoms with Gasteiger partial charge in [0.2, 0.25) is 0 Å². The second-order valence-corrected chi connectivity index (χ2v) is 4.89. The molecule has 4 heteroatoms. The predicted molar refractivity (Wildman–Crippen MR) is 79.8 cm³/mol. The van der Waals surface area contributed by atoms with Crippen LogP contribution in [0.25, 0.3) is 0 Å². The summed E-state index contributed by atoms with van der Waals surface area (Å²) in [5.74, 6) is 0.881.